The normalized spacial score (nSPS) is 16.2. The summed E-state index contributed by atoms with van der Waals surface area (Å²) in [5.41, 5.74) is 1.59. The molecule has 1 aliphatic rings. The van der Waals surface area contributed by atoms with Gasteiger partial charge in [-0.05, 0) is 17.2 Å². The molecule has 1 amide bonds. The van der Waals surface area contributed by atoms with Crippen molar-refractivity contribution in [2.45, 2.75) is 4.90 Å². The fourth-order valence-corrected chi connectivity index (χ4v) is 4.17. The molecule has 0 N–H and O–H groups in total. The molecule has 1 heterocycles. The summed E-state index contributed by atoms with van der Waals surface area (Å²) >= 11 is 5.60. The minimum Gasteiger partial charge on any atom is -0.268 e. The number of hydrogen-bond acceptors (Lipinski definition) is 3. The molecule has 0 atom stereocenters. The van der Waals surface area contributed by atoms with Crippen molar-refractivity contribution in [1.82, 2.24) is 4.31 Å². The van der Waals surface area contributed by atoms with E-state index in [0.29, 0.717) is 9.87 Å². The molecular weight excluding hydrogens is 298 g/mol. The van der Waals surface area contributed by atoms with Crippen LogP contribution in [0.4, 0.5) is 0 Å². The molecule has 0 spiro atoms. The number of alkyl halides is 1. The Kier molecular flexibility index (Phi) is 3.03. The van der Waals surface area contributed by atoms with Crippen molar-refractivity contribution in [2.24, 2.45) is 0 Å². The first-order valence-corrected chi connectivity index (χ1v) is 7.86. The maximum Gasteiger partial charge on any atom is 0.270 e. The standard InChI is InChI=1S/C14H10ClNO3S/c15-9-16-14(17)13-11(10-5-2-1-3-6-10)7-4-8-12(13)20(16,18)19/h1-8H,9H2. The Hall–Kier alpha value is -1.85. The van der Waals surface area contributed by atoms with Gasteiger partial charge >= 0.3 is 0 Å². The smallest absolute Gasteiger partial charge is 0.268 e. The Labute approximate surface area is 121 Å². The van der Waals surface area contributed by atoms with Crippen LogP contribution in [0, 0.1) is 0 Å². The molecule has 0 radical (unpaired) electrons. The molecule has 0 unspecified atom stereocenters. The SMILES string of the molecule is O=C1c2c(-c3ccccc3)cccc2S(=O)(=O)N1CCl. The third-order valence-electron chi connectivity index (χ3n) is 3.23. The molecule has 102 valence electrons. The maximum atomic E-state index is 12.3. The average molecular weight is 308 g/mol. The minimum atomic E-state index is -3.82. The number of rotatable bonds is 2. The van der Waals surface area contributed by atoms with Crippen LogP contribution in [0.5, 0.6) is 0 Å². The van der Waals surface area contributed by atoms with E-state index in [2.05, 4.69) is 0 Å². The van der Waals surface area contributed by atoms with E-state index in [0.717, 1.165) is 5.56 Å². The van der Waals surface area contributed by atoms with Crippen LogP contribution in [-0.4, -0.2) is 24.6 Å². The van der Waals surface area contributed by atoms with Crippen molar-refractivity contribution in [3.8, 4) is 11.1 Å². The summed E-state index contributed by atoms with van der Waals surface area (Å²) in [6, 6.07) is 13.6. The lowest BCUT2D eigenvalue weighted by Crippen LogP contribution is -2.28. The van der Waals surface area contributed by atoms with Crippen LogP contribution < -0.4 is 0 Å². The van der Waals surface area contributed by atoms with E-state index in [-0.39, 0.29) is 16.5 Å². The van der Waals surface area contributed by atoms with Gasteiger partial charge in [-0.15, -0.1) is 11.6 Å². The number of fused-ring (bicyclic) bond motifs is 1. The third kappa shape index (κ3) is 1.74. The highest BCUT2D eigenvalue weighted by Crippen LogP contribution is 2.37. The number of sulfonamides is 1. The first-order valence-electron chi connectivity index (χ1n) is 5.89. The van der Waals surface area contributed by atoms with Crippen molar-refractivity contribution >= 4 is 27.5 Å². The molecule has 4 nitrogen and oxygen atoms in total. The molecule has 0 saturated heterocycles. The van der Waals surface area contributed by atoms with Crippen LogP contribution in [0.15, 0.2) is 53.4 Å². The number of amides is 1. The summed E-state index contributed by atoms with van der Waals surface area (Å²) in [5, 5.41) is 0. The zero-order valence-electron chi connectivity index (χ0n) is 10.3. The minimum absolute atomic E-state index is 0.0181. The summed E-state index contributed by atoms with van der Waals surface area (Å²) in [4.78, 5) is 12.3. The van der Waals surface area contributed by atoms with Crippen LogP contribution >= 0.6 is 11.6 Å². The van der Waals surface area contributed by atoms with Crippen LogP contribution in [0.1, 0.15) is 10.4 Å². The second kappa shape index (κ2) is 4.61. The molecule has 2 aromatic carbocycles. The summed E-state index contributed by atoms with van der Waals surface area (Å²) < 4.78 is 25.1. The summed E-state index contributed by atoms with van der Waals surface area (Å²) in [5.74, 6) is -0.575. The molecule has 0 aromatic heterocycles. The molecule has 0 aliphatic carbocycles. The molecule has 1 aliphatic heterocycles. The van der Waals surface area contributed by atoms with E-state index < -0.39 is 15.9 Å². The van der Waals surface area contributed by atoms with E-state index >= 15 is 0 Å². The Morgan fingerprint density at radius 2 is 1.70 bits per heavy atom. The van der Waals surface area contributed by atoms with Gasteiger partial charge in [-0.1, -0.05) is 42.5 Å². The van der Waals surface area contributed by atoms with Crippen LogP contribution in [-0.2, 0) is 10.0 Å². The topological polar surface area (TPSA) is 54.5 Å². The highest BCUT2D eigenvalue weighted by molar-refractivity contribution is 7.90. The van der Waals surface area contributed by atoms with E-state index in [4.69, 9.17) is 11.6 Å². The predicted molar refractivity (Wildman–Crippen MR) is 76.0 cm³/mol. The summed E-state index contributed by atoms with van der Waals surface area (Å²) in [6.07, 6.45) is 0. The number of carbonyl (C=O) groups excluding carboxylic acids is 1. The van der Waals surface area contributed by atoms with Crippen molar-refractivity contribution < 1.29 is 13.2 Å². The van der Waals surface area contributed by atoms with Gasteiger partial charge in [-0.3, -0.25) is 4.79 Å². The summed E-state index contributed by atoms with van der Waals surface area (Å²) in [6.45, 7) is 0. The Morgan fingerprint density at radius 3 is 2.35 bits per heavy atom. The van der Waals surface area contributed by atoms with Gasteiger partial charge in [0, 0.05) is 0 Å². The van der Waals surface area contributed by atoms with Crippen LogP contribution in [0.3, 0.4) is 0 Å². The number of benzene rings is 2. The zero-order chi connectivity index (χ0) is 14.3. The van der Waals surface area contributed by atoms with Gasteiger partial charge in [0.05, 0.1) is 5.56 Å². The first-order chi connectivity index (χ1) is 9.57. The van der Waals surface area contributed by atoms with Gasteiger partial charge < -0.3 is 0 Å². The Bertz CT molecular complexity index is 787. The van der Waals surface area contributed by atoms with Gasteiger partial charge in [-0.25, -0.2) is 12.7 Å². The molecule has 0 bridgehead atoms. The average Bonchev–Trinajstić information content (AvgIpc) is 2.67. The van der Waals surface area contributed by atoms with Gasteiger partial charge in [-0.2, -0.15) is 0 Å². The maximum absolute atomic E-state index is 12.3. The molecule has 0 saturated carbocycles. The van der Waals surface area contributed by atoms with Gasteiger partial charge in [0.2, 0.25) is 0 Å². The monoisotopic (exact) mass is 307 g/mol. The molecule has 0 fully saturated rings. The predicted octanol–water partition coefficient (Wildman–Crippen LogP) is 2.69. The van der Waals surface area contributed by atoms with Crippen molar-refractivity contribution in [1.29, 1.82) is 0 Å². The van der Waals surface area contributed by atoms with Crippen LogP contribution in [0.25, 0.3) is 11.1 Å². The quantitative estimate of drug-likeness (QED) is 0.633. The highest BCUT2D eigenvalue weighted by Gasteiger charge is 2.42. The van der Waals surface area contributed by atoms with Gasteiger partial charge in [0.15, 0.2) is 0 Å². The fourth-order valence-electron chi connectivity index (χ4n) is 2.30. The molecule has 2 aromatic rings. The molecule has 6 heteroatoms. The van der Waals surface area contributed by atoms with E-state index in [1.54, 1.807) is 12.1 Å². The first kappa shape index (κ1) is 13.1. The van der Waals surface area contributed by atoms with Crippen molar-refractivity contribution in [3.05, 3.63) is 54.1 Å². The number of hydrogen-bond donors (Lipinski definition) is 0. The van der Waals surface area contributed by atoms with E-state index in [9.17, 15) is 13.2 Å². The fraction of sp³-hybridized carbons (Fsp3) is 0.0714. The largest absolute Gasteiger partial charge is 0.270 e. The Morgan fingerprint density at radius 1 is 1.00 bits per heavy atom. The molecule has 3 rings (SSSR count). The van der Waals surface area contributed by atoms with Gasteiger partial charge in [0.1, 0.15) is 10.9 Å². The molecular formula is C14H10ClNO3S. The van der Waals surface area contributed by atoms with Crippen molar-refractivity contribution in [3.63, 3.8) is 0 Å². The zero-order valence-corrected chi connectivity index (χ0v) is 11.9. The number of halogens is 1. The van der Waals surface area contributed by atoms with E-state index in [1.165, 1.54) is 6.07 Å². The number of carbonyl (C=O) groups is 1. The van der Waals surface area contributed by atoms with Crippen molar-refractivity contribution in [2.75, 3.05) is 6.00 Å². The Balaban J connectivity index is 2.31. The third-order valence-corrected chi connectivity index (χ3v) is 5.38. The highest BCUT2D eigenvalue weighted by atomic mass is 35.5. The lowest BCUT2D eigenvalue weighted by Gasteiger charge is -2.09. The second-order valence-electron chi connectivity index (χ2n) is 4.32. The number of nitrogens with zero attached hydrogens (tertiary/aromatic N) is 1. The summed E-state index contributed by atoms with van der Waals surface area (Å²) in [7, 11) is -3.82. The lowest BCUT2D eigenvalue weighted by atomic mass is 9.99. The molecule has 20 heavy (non-hydrogen) atoms. The lowest BCUT2D eigenvalue weighted by molar-refractivity contribution is 0.0886. The van der Waals surface area contributed by atoms with E-state index in [1.807, 2.05) is 30.3 Å². The van der Waals surface area contributed by atoms with Gasteiger partial charge in [0.25, 0.3) is 15.9 Å². The second-order valence-corrected chi connectivity index (χ2v) is 6.39. The van der Waals surface area contributed by atoms with Crippen LogP contribution in [0.2, 0.25) is 0 Å².